The molecule has 57 heavy (non-hydrogen) atoms. The van der Waals surface area contributed by atoms with Crippen molar-refractivity contribution < 1.29 is 0 Å². The van der Waals surface area contributed by atoms with E-state index in [0.717, 1.165) is 22.2 Å². The van der Waals surface area contributed by atoms with Crippen LogP contribution in [0.4, 0.5) is 0 Å². The minimum absolute atomic E-state index is 0.590. The molecule has 4 nitrogen and oxygen atoms in total. The van der Waals surface area contributed by atoms with Crippen LogP contribution in [0, 0.1) is 0 Å². The van der Waals surface area contributed by atoms with Crippen LogP contribution in [0.5, 0.6) is 0 Å². The fraction of sp³-hybridized carbons (Fsp3) is 0. The number of fused-ring (bicyclic) bond motifs is 7. The van der Waals surface area contributed by atoms with Gasteiger partial charge >= 0.3 is 0 Å². The second-order valence-electron chi connectivity index (χ2n) is 14.4. The molecule has 11 rings (SSSR count). The van der Waals surface area contributed by atoms with Gasteiger partial charge in [-0.3, -0.25) is 4.57 Å². The first-order valence-corrected chi connectivity index (χ1v) is 22.0. The fourth-order valence-corrected chi connectivity index (χ4v) is 14.7. The van der Waals surface area contributed by atoms with Crippen LogP contribution in [0.25, 0.3) is 70.7 Å². The SMILES string of the molecule is c1ccc(-c2nc(-c3cccc([Si](c4ccccc4)(c4ccccc4)c4ccccc4)c3)nc(-n3c4ccccc4c4c5c(ccc43)sc3ccccc35)n2)cc1. The number of nitrogens with zero attached hydrogens (tertiary/aromatic N) is 4. The molecule has 3 aromatic heterocycles. The second-order valence-corrected chi connectivity index (χ2v) is 19.3. The van der Waals surface area contributed by atoms with Crippen LogP contribution < -0.4 is 20.7 Å². The highest BCUT2D eigenvalue weighted by Crippen LogP contribution is 2.43. The van der Waals surface area contributed by atoms with Gasteiger partial charge in [0.25, 0.3) is 0 Å². The maximum Gasteiger partial charge on any atom is 0.238 e. The van der Waals surface area contributed by atoms with Gasteiger partial charge in [-0.15, -0.1) is 11.3 Å². The van der Waals surface area contributed by atoms with Gasteiger partial charge in [-0.25, -0.2) is 4.98 Å². The summed E-state index contributed by atoms with van der Waals surface area (Å²) in [5.41, 5.74) is 4.01. The first kappa shape index (κ1) is 33.4. The maximum absolute atomic E-state index is 5.40. The molecule has 0 fully saturated rings. The van der Waals surface area contributed by atoms with Crippen molar-refractivity contribution in [2.24, 2.45) is 0 Å². The van der Waals surface area contributed by atoms with Gasteiger partial charge in [-0.05, 0) is 45.0 Å². The van der Waals surface area contributed by atoms with Gasteiger partial charge in [0.2, 0.25) is 5.95 Å². The monoisotopic (exact) mass is 762 g/mol. The zero-order valence-corrected chi connectivity index (χ0v) is 32.6. The average molecular weight is 763 g/mol. The molecule has 3 heterocycles. The van der Waals surface area contributed by atoms with Gasteiger partial charge in [0, 0.05) is 42.1 Å². The minimum Gasteiger partial charge on any atom is -0.278 e. The van der Waals surface area contributed by atoms with E-state index in [0.29, 0.717) is 17.6 Å². The molecule has 268 valence electrons. The number of hydrogen-bond donors (Lipinski definition) is 0. The third-order valence-electron chi connectivity index (χ3n) is 11.2. The normalized spacial score (nSPS) is 11.9. The Bertz CT molecular complexity index is 3140. The highest BCUT2D eigenvalue weighted by Gasteiger charge is 2.41. The van der Waals surface area contributed by atoms with E-state index in [-0.39, 0.29) is 0 Å². The number of benzene rings is 8. The Balaban J connectivity index is 1.19. The minimum atomic E-state index is -2.80. The van der Waals surface area contributed by atoms with Crippen molar-refractivity contribution in [3.8, 4) is 28.7 Å². The van der Waals surface area contributed by atoms with Crippen LogP contribution in [-0.2, 0) is 0 Å². The summed E-state index contributed by atoms with van der Waals surface area (Å²) in [6.07, 6.45) is 0. The Hall–Kier alpha value is -6.99. The summed E-state index contributed by atoms with van der Waals surface area (Å²) in [5.74, 6) is 1.85. The van der Waals surface area contributed by atoms with Crippen molar-refractivity contribution in [1.82, 2.24) is 19.5 Å². The molecular weight excluding hydrogens is 729 g/mol. The lowest BCUT2D eigenvalue weighted by Crippen LogP contribution is -2.74. The van der Waals surface area contributed by atoms with Crippen LogP contribution in [-0.4, -0.2) is 27.6 Å². The van der Waals surface area contributed by atoms with Crippen molar-refractivity contribution in [2.75, 3.05) is 0 Å². The average Bonchev–Trinajstić information content (AvgIpc) is 3.84. The second kappa shape index (κ2) is 13.6. The summed E-state index contributed by atoms with van der Waals surface area (Å²) >= 11 is 1.84. The Morgan fingerprint density at radius 2 is 0.895 bits per heavy atom. The van der Waals surface area contributed by atoms with Crippen LogP contribution >= 0.6 is 11.3 Å². The molecule has 11 aromatic rings. The molecule has 0 spiro atoms. The number of aromatic nitrogens is 4. The molecule has 0 saturated heterocycles. The van der Waals surface area contributed by atoms with E-state index in [2.05, 4.69) is 193 Å². The van der Waals surface area contributed by atoms with Crippen molar-refractivity contribution in [3.05, 3.63) is 206 Å². The highest BCUT2D eigenvalue weighted by molar-refractivity contribution is 7.26. The van der Waals surface area contributed by atoms with Crippen molar-refractivity contribution in [1.29, 1.82) is 0 Å². The van der Waals surface area contributed by atoms with Crippen molar-refractivity contribution in [2.45, 2.75) is 0 Å². The topological polar surface area (TPSA) is 43.6 Å². The Morgan fingerprint density at radius 1 is 0.368 bits per heavy atom. The molecule has 6 heteroatoms. The standard InChI is InChI=1S/C51H34N4SSi/c1-5-18-35(19-6-1)49-52-50(36-20-17-27-40(34-36)57(37-21-7-2-8-22-37,38-23-9-3-10-24-38)39-25-11-4-12-26-39)54-51(53-49)55-43-30-15-13-28-41(43)47-44(55)32-33-46-48(47)42-29-14-16-31-45(42)56-46/h1-34H. The van der Waals surface area contributed by atoms with Gasteiger partial charge in [0.1, 0.15) is 0 Å². The van der Waals surface area contributed by atoms with Gasteiger partial charge in [-0.2, -0.15) is 9.97 Å². The maximum atomic E-state index is 5.40. The summed E-state index contributed by atoms with van der Waals surface area (Å²) in [4.78, 5) is 15.9. The van der Waals surface area contributed by atoms with Crippen LogP contribution in [0.3, 0.4) is 0 Å². The predicted octanol–water partition coefficient (Wildman–Crippen LogP) is 10.0. The number of thiophene rings is 1. The summed E-state index contributed by atoms with van der Waals surface area (Å²) in [6.45, 7) is 0. The molecule has 0 unspecified atom stereocenters. The van der Waals surface area contributed by atoms with Crippen LogP contribution in [0.2, 0.25) is 0 Å². The summed E-state index contributed by atoms with van der Waals surface area (Å²) < 4.78 is 4.79. The zero-order valence-electron chi connectivity index (χ0n) is 30.8. The van der Waals surface area contributed by atoms with Gasteiger partial charge < -0.3 is 0 Å². The van der Waals surface area contributed by atoms with E-state index < -0.39 is 8.07 Å². The molecule has 0 amide bonds. The molecular formula is C51H34N4SSi. The van der Waals surface area contributed by atoms with E-state index in [1.807, 2.05) is 29.5 Å². The van der Waals surface area contributed by atoms with Gasteiger partial charge in [-0.1, -0.05) is 182 Å². The molecule has 0 radical (unpaired) electrons. The molecule has 0 aliphatic heterocycles. The van der Waals surface area contributed by atoms with E-state index in [4.69, 9.17) is 15.0 Å². The predicted molar refractivity (Wildman–Crippen MR) is 242 cm³/mol. The third kappa shape index (κ3) is 5.37. The zero-order chi connectivity index (χ0) is 37.8. The summed E-state index contributed by atoms with van der Waals surface area (Å²) in [7, 11) is -2.80. The Labute approximate surface area is 335 Å². The molecule has 0 N–H and O–H groups in total. The van der Waals surface area contributed by atoms with Crippen LogP contribution in [0.1, 0.15) is 0 Å². The number of para-hydroxylation sites is 1. The first-order valence-electron chi connectivity index (χ1n) is 19.2. The van der Waals surface area contributed by atoms with Gasteiger partial charge in [0.05, 0.1) is 11.0 Å². The number of rotatable bonds is 7. The molecule has 0 bridgehead atoms. The van der Waals surface area contributed by atoms with Crippen LogP contribution in [0.15, 0.2) is 206 Å². The Morgan fingerprint density at radius 3 is 1.56 bits per heavy atom. The molecule has 0 atom stereocenters. The van der Waals surface area contributed by atoms with Gasteiger partial charge in [0.15, 0.2) is 19.7 Å². The molecule has 0 aliphatic rings. The molecule has 8 aromatic carbocycles. The highest BCUT2D eigenvalue weighted by atomic mass is 32.1. The fourth-order valence-electron chi connectivity index (χ4n) is 8.76. The smallest absolute Gasteiger partial charge is 0.238 e. The van der Waals surface area contributed by atoms with E-state index in [9.17, 15) is 0 Å². The van der Waals surface area contributed by atoms with E-state index in [1.54, 1.807) is 0 Å². The number of hydrogen-bond acceptors (Lipinski definition) is 4. The lowest BCUT2D eigenvalue weighted by Gasteiger charge is -2.34. The van der Waals surface area contributed by atoms with Crippen molar-refractivity contribution >= 4 is 82.1 Å². The summed E-state index contributed by atoms with van der Waals surface area (Å²) in [6, 6.07) is 74.1. The lowest BCUT2D eigenvalue weighted by molar-refractivity contribution is 0.954. The van der Waals surface area contributed by atoms with E-state index >= 15 is 0 Å². The quantitative estimate of drug-likeness (QED) is 0.120. The summed E-state index contributed by atoms with van der Waals surface area (Å²) in [5, 5.41) is 10.2. The molecule has 0 saturated carbocycles. The lowest BCUT2D eigenvalue weighted by atomic mass is 10.1. The largest absolute Gasteiger partial charge is 0.278 e. The van der Waals surface area contributed by atoms with Crippen molar-refractivity contribution in [3.63, 3.8) is 0 Å². The molecule has 0 aliphatic carbocycles. The Kier molecular flexibility index (Phi) is 7.98. The first-order chi connectivity index (χ1) is 28.3. The third-order valence-corrected chi connectivity index (χ3v) is 17.1. The van der Waals surface area contributed by atoms with E-state index in [1.165, 1.54) is 51.7 Å².